The minimum Gasteiger partial charge on any atom is -0.497 e. The van der Waals surface area contributed by atoms with Crippen LogP contribution < -0.4 is 19.1 Å². The number of rotatable bonds is 10. The predicted octanol–water partition coefficient (Wildman–Crippen LogP) is 4.33. The van der Waals surface area contributed by atoms with E-state index in [0.717, 1.165) is 4.31 Å². The average Bonchev–Trinajstić information content (AvgIpc) is 2.93. The van der Waals surface area contributed by atoms with E-state index in [4.69, 9.17) is 4.74 Å². The number of carbonyl (C=O) groups excluding carboxylic acids is 1. The Balaban J connectivity index is 1.48. The van der Waals surface area contributed by atoms with Gasteiger partial charge in [0.05, 0.1) is 22.6 Å². The highest BCUT2D eigenvalue weighted by Gasteiger charge is 2.27. The normalized spacial score (nSPS) is 11.4. The summed E-state index contributed by atoms with van der Waals surface area (Å²) in [7, 11) is -6.38. The van der Waals surface area contributed by atoms with Gasteiger partial charge in [-0.1, -0.05) is 36.4 Å². The Labute approximate surface area is 221 Å². The number of hydrogen-bond acceptors (Lipinski definition) is 6. The molecule has 0 heterocycles. The van der Waals surface area contributed by atoms with Crippen LogP contribution in [0, 0.1) is 0 Å². The van der Waals surface area contributed by atoms with E-state index in [2.05, 4.69) is 10.0 Å². The van der Waals surface area contributed by atoms with Gasteiger partial charge in [0.2, 0.25) is 5.91 Å². The minimum atomic E-state index is -4.02. The molecule has 0 unspecified atom stereocenters. The molecule has 0 aliphatic rings. The Morgan fingerprint density at radius 1 is 0.711 bits per heavy atom. The van der Waals surface area contributed by atoms with Crippen LogP contribution >= 0.6 is 0 Å². The van der Waals surface area contributed by atoms with Crippen molar-refractivity contribution in [3.63, 3.8) is 0 Å². The number of hydrogen-bond donors (Lipinski definition) is 2. The Bertz CT molecular complexity index is 1590. The predicted molar refractivity (Wildman–Crippen MR) is 146 cm³/mol. The zero-order valence-electron chi connectivity index (χ0n) is 20.3. The van der Waals surface area contributed by atoms with E-state index < -0.39 is 32.5 Å². The topological polar surface area (TPSA) is 122 Å². The van der Waals surface area contributed by atoms with E-state index in [1.54, 1.807) is 72.8 Å². The molecule has 0 fully saturated rings. The van der Waals surface area contributed by atoms with E-state index in [1.807, 2.05) is 0 Å². The smallest absolute Gasteiger partial charge is 0.264 e. The lowest BCUT2D eigenvalue weighted by Crippen LogP contribution is -2.38. The molecule has 0 saturated carbocycles. The molecule has 0 atom stereocenters. The number of para-hydroxylation sites is 1. The molecule has 9 nitrogen and oxygen atoms in total. The number of nitrogens with one attached hydrogen (secondary N) is 2. The van der Waals surface area contributed by atoms with Gasteiger partial charge < -0.3 is 10.1 Å². The summed E-state index contributed by atoms with van der Waals surface area (Å²) in [5.41, 5.74) is 1.00. The van der Waals surface area contributed by atoms with Crippen molar-refractivity contribution in [3.05, 3.63) is 109 Å². The van der Waals surface area contributed by atoms with Crippen molar-refractivity contribution in [2.75, 3.05) is 28.0 Å². The maximum atomic E-state index is 13.3. The van der Waals surface area contributed by atoms with Gasteiger partial charge in [0, 0.05) is 11.4 Å². The molecular formula is C27H25N3O6S2. The molecular weight excluding hydrogens is 526 g/mol. The quantitative estimate of drug-likeness (QED) is 0.303. The summed E-state index contributed by atoms with van der Waals surface area (Å²) in [5, 5.41) is 2.63. The number of methoxy groups -OCH3 is 1. The Kier molecular flexibility index (Phi) is 7.99. The first-order chi connectivity index (χ1) is 18.2. The second-order valence-corrected chi connectivity index (χ2v) is 11.6. The van der Waals surface area contributed by atoms with Crippen LogP contribution in [0.25, 0.3) is 0 Å². The maximum absolute atomic E-state index is 13.3. The second-order valence-electron chi connectivity index (χ2n) is 8.07. The van der Waals surface area contributed by atoms with Crippen LogP contribution in [-0.2, 0) is 24.8 Å². The van der Waals surface area contributed by atoms with Gasteiger partial charge in [0.25, 0.3) is 20.0 Å². The number of ether oxygens (including phenoxy) is 1. The average molecular weight is 552 g/mol. The third kappa shape index (κ3) is 6.31. The Morgan fingerprint density at radius 3 is 1.84 bits per heavy atom. The van der Waals surface area contributed by atoms with E-state index in [1.165, 1.54) is 43.5 Å². The summed E-state index contributed by atoms with van der Waals surface area (Å²) in [6.45, 7) is -0.486. The van der Waals surface area contributed by atoms with Crippen LogP contribution in [0.1, 0.15) is 0 Å². The Morgan fingerprint density at radius 2 is 1.26 bits per heavy atom. The third-order valence-electron chi connectivity index (χ3n) is 5.45. The van der Waals surface area contributed by atoms with Crippen molar-refractivity contribution in [2.24, 2.45) is 0 Å². The molecule has 11 heteroatoms. The summed E-state index contributed by atoms with van der Waals surface area (Å²) in [4.78, 5) is 12.9. The Hall–Kier alpha value is -4.35. The van der Waals surface area contributed by atoms with Crippen LogP contribution in [0.3, 0.4) is 0 Å². The van der Waals surface area contributed by atoms with Crippen LogP contribution in [0.2, 0.25) is 0 Å². The number of amides is 1. The molecule has 0 aliphatic heterocycles. The first kappa shape index (κ1) is 26.7. The molecule has 0 saturated heterocycles. The van der Waals surface area contributed by atoms with Gasteiger partial charge in [0.1, 0.15) is 12.3 Å². The van der Waals surface area contributed by atoms with E-state index in [-0.39, 0.29) is 9.79 Å². The third-order valence-corrected chi connectivity index (χ3v) is 8.64. The molecule has 2 N–H and O–H groups in total. The monoisotopic (exact) mass is 551 g/mol. The lowest BCUT2D eigenvalue weighted by Gasteiger charge is -2.24. The summed E-state index contributed by atoms with van der Waals surface area (Å²) in [6.07, 6.45) is 0. The van der Waals surface area contributed by atoms with Gasteiger partial charge in [-0.05, 0) is 72.8 Å². The fraction of sp³-hybridized carbons (Fsp3) is 0.0741. The van der Waals surface area contributed by atoms with Gasteiger partial charge >= 0.3 is 0 Å². The summed E-state index contributed by atoms with van der Waals surface area (Å²) in [5.74, 6) is -0.00392. The molecule has 1 amide bonds. The van der Waals surface area contributed by atoms with Gasteiger partial charge in [-0.15, -0.1) is 0 Å². The lowest BCUT2D eigenvalue weighted by molar-refractivity contribution is -0.114. The zero-order valence-corrected chi connectivity index (χ0v) is 21.9. The highest BCUT2D eigenvalue weighted by Crippen LogP contribution is 2.24. The maximum Gasteiger partial charge on any atom is 0.264 e. The van der Waals surface area contributed by atoms with Gasteiger partial charge in [0.15, 0.2) is 0 Å². The molecule has 0 bridgehead atoms. The second kappa shape index (κ2) is 11.4. The number of sulfonamides is 2. The molecule has 4 rings (SSSR count). The standard InChI is InChI=1S/C27H25N3O6S2/c1-36-24-16-12-22(13-17-24)29-37(32,33)25-18-14-21(15-19-25)28-27(31)20-30(23-8-4-2-5-9-23)38(34,35)26-10-6-3-7-11-26/h2-19,29H,20H2,1H3,(H,28,31). The van der Waals surface area contributed by atoms with Crippen molar-refractivity contribution >= 4 is 43.0 Å². The number of anilines is 3. The van der Waals surface area contributed by atoms with Crippen molar-refractivity contribution in [3.8, 4) is 5.75 Å². The first-order valence-corrected chi connectivity index (χ1v) is 14.3. The van der Waals surface area contributed by atoms with Gasteiger partial charge in [-0.2, -0.15) is 0 Å². The summed E-state index contributed by atoms with van der Waals surface area (Å²) in [6, 6.07) is 28.1. The molecule has 4 aromatic carbocycles. The highest BCUT2D eigenvalue weighted by molar-refractivity contribution is 7.93. The first-order valence-electron chi connectivity index (χ1n) is 11.4. The van der Waals surface area contributed by atoms with Crippen LogP contribution in [0.5, 0.6) is 5.75 Å². The van der Waals surface area contributed by atoms with Crippen LogP contribution in [0.4, 0.5) is 17.1 Å². The van der Waals surface area contributed by atoms with E-state index in [9.17, 15) is 21.6 Å². The molecule has 0 radical (unpaired) electrons. The van der Waals surface area contributed by atoms with Crippen molar-refractivity contribution in [1.82, 2.24) is 0 Å². The fourth-order valence-corrected chi connectivity index (χ4v) is 6.05. The number of carbonyl (C=O) groups is 1. The molecule has 0 aliphatic carbocycles. The number of benzene rings is 4. The number of nitrogens with zero attached hydrogens (tertiary/aromatic N) is 1. The summed E-state index contributed by atoms with van der Waals surface area (Å²) >= 11 is 0. The van der Waals surface area contributed by atoms with Crippen LogP contribution in [-0.4, -0.2) is 36.4 Å². The van der Waals surface area contributed by atoms with Crippen LogP contribution in [0.15, 0.2) is 119 Å². The summed E-state index contributed by atoms with van der Waals surface area (Å²) < 4.78 is 60.7. The lowest BCUT2D eigenvalue weighted by atomic mass is 10.3. The van der Waals surface area contributed by atoms with Gasteiger partial charge in [-0.25, -0.2) is 16.8 Å². The fourth-order valence-electron chi connectivity index (χ4n) is 3.55. The van der Waals surface area contributed by atoms with E-state index in [0.29, 0.717) is 22.8 Å². The van der Waals surface area contributed by atoms with Crippen molar-refractivity contribution in [1.29, 1.82) is 0 Å². The SMILES string of the molecule is COc1ccc(NS(=O)(=O)c2ccc(NC(=O)CN(c3ccccc3)S(=O)(=O)c3ccccc3)cc2)cc1. The molecule has 0 aromatic heterocycles. The largest absolute Gasteiger partial charge is 0.497 e. The zero-order chi connectivity index (χ0) is 27.2. The minimum absolute atomic E-state index is 0.0103. The van der Waals surface area contributed by atoms with E-state index >= 15 is 0 Å². The van der Waals surface area contributed by atoms with Crippen molar-refractivity contribution in [2.45, 2.75) is 9.79 Å². The van der Waals surface area contributed by atoms with Gasteiger partial charge in [-0.3, -0.25) is 13.8 Å². The van der Waals surface area contributed by atoms with Crippen molar-refractivity contribution < 1.29 is 26.4 Å². The molecule has 38 heavy (non-hydrogen) atoms. The molecule has 196 valence electrons. The molecule has 0 spiro atoms. The highest BCUT2D eigenvalue weighted by atomic mass is 32.2. The molecule has 4 aromatic rings.